The maximum atomic E-state index is 11.7. The molecule has 132 valence electrons. The van der Waals surface area contributed by atoms with Gasteiger partial charge in [0.15, 0.2) is 0 Å². The summed E-state index contributed by atoms with van der Waals surface area (Å²) in [5.74, 6) is 0.757. The first-order valence-corrected chi connectivity index (χ1v) is 10.3. The van der Waals surface area contributed by atoms with Crippen LogP contribution in [-0.2, 0) is 10.0 Å². The Kier molecular flexibility index (Phi) is 5.80. The summed E-state index contributed by atoms with van der Waals surface area (Å²) in [5.41, 5.74) is 0.271. The Balaban J connectivity index is 2.32. The quantitative estimate of drug-likeness (QED) is 0.782. The molecule has 0 aliphatic heterocycles. The van der Waals surface area contributed by atoms with E-state index in [9.17, 15) is 8.42 Å². The smallest absolute Gasteiger partial charge is 0.237 e. The molecule has 0 saturated carbocycles. The Morgan fingerprint density at radius 1 is 1.29 bits per heavy atom. The lowest BCUT2D eigenvalue weighted by atomic mass is 9.87. The molecule has 1 aromatic rings. The van der Waals surface area contributed by atoms with Crippen LogP contribution in [-0.4, -0.2) is 45.8 Å². The van der Waals surface area contributed by atoms with Gasteiger partial charge in [-0.2, -0.15) is 0 Å². The van der Waals surface area contributed by atoms with E-state index in [0.717, 1.165) is 16.2 Å². The van der Waals surface area contributed by atoms with Crippen molar-refractivity contribution in [3.63, 3.8) is 0 Å². The number of thioether (sulfide) groups is 1. The van der Waals surface area contributed by atoms with Crippen LogP contribution in [0.25, 0.3) is 0 Å². The number of sulfonamides is 1. The molecule has 1 aromatic carbocycles. The second-order valence-electron chi connectivity index (χ2n) is 6.27. The van der Waals surface area contributed by atoms with Gasteiger partial charge in [-0.1, -0.05) is 6.08 Å². The first-order valence-electron chi connectivity index (χ1n) is 7.56. The summed E-state index contributed by atoms with van der Waals surface area (Å²) < 4.78 is 29.6. The number of primary sulfonamides is 1. The van der Waals surface area contributed by atoms with E-state index in [-0.39, 0.29) is 4.91 Å². The molecule has 0 radical (unpaired) electrons. The van der Waals surface area contributed by atoms with Crippen molar-refractivity contribution in [2.75, 3.05) is 26.9 Å². The van der Waals surface area contributed by atoms with Crippen LogP contribution in [0.4, 0.5) is 0 Å². The van der Waals surface area contributed by atoms with Crippen LogP contribution in [0.2, 0.25) is 0 Å². The van der Waals surface area contributed by atoms with Gasteiger partial charge in [0.05, 0.1) is 4.91 Å². The van der Waals surface area contributed by atoms with Crippen LogP contribution in [0, 0.1) is 0 Å². The Morgan fingerprint density at radius 2 is 1.92 bits per heavy atom. The lowest BCUT2D eigenvalue weighted by Gasteiger charge is -2.36. The summed E-state index contributed by atoms with van der Waals surface area (Å²) in [6.45, 7) is 2.56. The van der Waals surface area contributed by atoms with Gasteiger partial charge in [0.25, 0.3) is 0 Å². The van der Waals surface area contributed by atoms with Crippen LogP contribution >= 0.6 is 11.8 Å². The Labute approximate surface area is 148 Å². The highest BCUT2D eigenvalue weighted by molar-refractivity contribution is 7.98. The Hall–Kier alpha value is -1.28. The van der Waals surface area contributed by atoms with Crippen molar-refractivity contribution < 1.29 is 13.2 Å². The highest BCUT2D eigenvalue weighted by Crippen LogP contribution is 2.34. The summed E-state index contributed by atoms with van der Waals surface area (Å²) in [4.78, 5) is 3.30. The zero-order valence-corrected chi connectivity index (χ0v) is 16.1. The fourth-order valence-corrected chi connectivity index (χ4v) is 3.60. The van der Waals surface area contributed by atoms with Crippen LogP contribution in [0.15, 0.2) is 51.8 Å². The number of allylic oxidation sites excluding steroid dienone is 1. The number of hydrogen-bond donors (Lipinski definition) is 1. The van der Waals surface area contributed by atoms with Crippen LogP contribution in [0.1, 0.15) is 13.3 Å². The van der Waals surface area contributed by atoms with Gasteiger partial charge < -0.3 is 9.64 Å². The summed E-state index contributed by atoms with van der Waals surface area (Å²) in [5, 5.41) is 5.28. The fraction of sp³-hybridized carbons (Fsp3) is 0.412. The minimum atomic E-state index is -3.72. The fourth-order valence-electron chi connectivity index (χ4n) is 2.57. The first kappa shape index (κ1) is 19.1. The number of likely N-dealkylation sites (N-methyl/N-ethyl adjacent to an activating group) is 1. The summed E-state index contributed by atoms with van der Waals surface area (Å²) in [6.07, 6.45) is 5.73. The van der Waals surface area contributed by atoms with Crippen molar-refractivity contribution in [3.8, 4) is 5.75 Å². The molecule has 1 aliphatic rings. The third-order valence-electron chi connectivity index (χ3n) is 3.91. The molecule has 2 rings (SSSR count). The monoisotopic (exact) mass is 368 g/mol. The molecule has 24 heavy (non-hydrogen) atoms. The second-order valence-corrected chi connectivity index (χ2v) is 8.71. The van der Waals surface area contributed by atoms with E-state index in [4.69, 9.17) is 9.88 Å². The molecule has 1 unspecified atom stereocenters. The number of nitrogens with zero attached hydrogens (tertiary/aromatic N) is 1. The third-order valence-corrected chi connectivity index (χ3v) is 5.59. The van der Waals surface area contributed by atoms with Crippen LogP contribution in [0.5, 0.6) is 5.75 Å². The van der Waals surface area contributed by atoms with Crippen molar-refractivity contribution in [1.82, 2.24) is 4.90 Å². The van der Waals surface area contributed by atoms with Crippen LogP contribution < -0.4 is 9.88 Å². The summed E-state index contributed by atoms with van der Waals surface area (Å²) in [6, 6.07) is 7.88. The normalized spacial score (nSPS) is 21.4. The third kappa shape index (κ3) is 4.63. The molecule has 0 fully saturated rings. The van der Waals surface area contributed by atoms with Gasteiger partial charge in [-0.3, -0.25) is 0 Å². The van der Waals surface area contributed by atoms with Gasteiger partial charge in [-0.25, -0.2) is 13.6 Å². The van der Waals surface area contributed by atoms with Gasteiger partial charge >= 0.3 is 0 Å². The molecule has 0 aromatic heterocycles. The number of benzene rings is 1. The van der Waals surface area contributed by atoms with Gasteiger partial charge in [0, 0.05) is 17.9 Å². The van der Waals surface area contributed by atoms with Gasteiger partial charge in [-0.05, 0) is 63.2 Å². The van der Waals surface area contributed by atoms with Crippen molar-refractivity contribution in [3.05, 3.63) is 46.9 Å². The molecule has 1 aliphatic carbocycles. The Bertz CT molecular complexity index is 753. The van der Waals surface area contributed by atoms with Crippen molar-refractivity contribution in [2.45, 2.75) is 23.8 Å². The van der Waals surface area contributed by atoms with E-state index < -0.39 is 15.6 Å². The van der Waals surface area contributed by atoms with Crippen molar-refractivity contribution in [2.24, 2.45) is 5.14 Å². The van der Waals surface area contributed by atoms with Gasteiger partial charge in [0.2, 0.25) is 10.0 Å². The molecule has 0 spiro atoms. The summed E-state index contributed by atoms with van der Waals surface area (Å²) in [7, 11) is 0.149. The van der Waals surface area contributed by atoms with E-state index in [1.807, 2.05) is 56.4 Å². The molecule has 7 heteroatoms. The van der Waals surface area contributed by atoms with Crippen LogP contribution in [0.3, 0.4) is 0 Å². The molecule has 5 nitrogen and oxygen atoms in total. The highest BCUT2D eigenvalue weighted by Gasteiger charge is 2.35. The minimum absolute atomic E-state index is 0.151. The molecule has 1 atom stereocenters. The molecule has 2 N–H and O–H groups in total. The molecular formula is C17H24N2O3S2. The van der Waals surface area contributed by atoms with E-state index in [1.165, 1.54) is 0 Å². The average molecular weight is 369 g/mol. The lowest BCUT2D eigenvalue weighted by molar-refractivity contribution is 0.121. The molecule has 0 saturated heterocycles. The Morgan fingerprint density at radius 3 is 2.42 bits per heavy atom. The average Bonchev–Trinajstić information content (AvgIpc) is 2.49. The standard InChI is InChI=1S/C17H24N2O3S2/c1-17(22-14-5-7-15(23-4)8-6-14)10-9-16(24(18,20)21)11-13(17)12-19(2)3/h5-9,11H,10,12H2,1-4H3,(H2,18,20,21). The van der Waals surface area contributed by atoms with E-state index in [2.05, 4.69) is 0 Å². The van der Waals surface area contributed by atoms with Gasteiger partial charge in [0.1, 0.15) is 11.4 Å². The number of hydrogen-bond acceptors (Lipinski definition) is 5. The maximum absolute atomic E-state index is 11.7. The highest BCUT2D eigenvalue weighted by atomic mass is 32.2. The second kappa shape index (κ2) is 7.31. The molecule has 0 heterocycles. The van der Waals surface area contributed by atoms with Crippen molar-refractivity contribution >= 4 is 21.8 Å². The number of rotatable bonds is 6. The number of ether oxygens (including phenoxy) is 1. The lowest BCUT2D eigenvalue weighted by Crippen LogP contribution is -2.40. The zero-order valence-electron chi connectivity index (χ0n) is 14.4. The molecule has 0 bridgehead atoms. The maximum Gasteiger partial charge on any atom is 0.237 e. The van der Waals surface area contributed by atoms with Gasteiger partial charge in [-0.15, -0.1) is 11.8 Å². The predicted octanol–water partition coefficient (Wildman–Crippen LogP) is 2.61. The molecule has 0 amide bonds. The largest absolute Gasteiger partial charge is 0.483 e. The van der Waals surface area contributed by atoms with E-state index in [1.54, 1.807) is 23.9 Å². The van der Waals surface area contributed by atoms with E-state index in [0.29, 0.717) is 13.0 Å². The molecular weight excluding hydrogens is 344 g/mol. The minimum Gasteiger partial charge on any atom is -0.483 e. The first-order chi connectivity index (χ1) is 11.1. The predicted molar refractivity (Wildman–Crippen MR) is 99.7 cm³/mol. The van der Waals surface area contributed by atoms with Crippen molar-refractivity contribution in [1.29, 1.82) is 0 Å². The summed E-state index contributed by atoms with van der Waals surface area (Å²) >= 11 is 1.67. The SMILES string of the molecule is CSc1ccc(OC2(C)CC=C(S(N)(=O)=O)C=C2CN(C)C)cc1. The zero-order chi connectivity index (χ0) is 18.0. The number of nitrogens with two attached hydrogens (primary N) is 1. The topological polar surface area (TPSA) is 72.6 Å². The van der Waals surface area contributed by atoms with E-state index >= 15 is 0 Å².